The van der Waals surface area contributed by atoms with Gasteiger partial charge in [-0.25, -0.2) is 18.6 Å². The Morgan fingerprint density at radius 3 is 2.28 bits per heavy atom. The van der Waals surface area contributed by atoms with Crippen molar-refractivity contribution in [3.8, 4) is 0 Å². The summed E-state index contributed by atoms with van der Waals surface area (Å²) in [6, 6.07) is -0.579. The summed E-state index contributed by atoms with van der Waals surface area (Å²) in [5.41, 5.74) is 11.7. The number of aliphatic hydroxyl groups excluding tert-OH is 1. The number of ether oxygens (including phenoxy) is 2. The molecule has 10 heteroatoms. The fraction of sp³-hybridized carbons (Fsp3) is 0.440. The molecule has 3 aliphatic heterocycles. The number of rotatable bonds is 15. The molecule has 2 fully saturated rings. The van der Waals surface area contributed by atoms with Crippen LogP contribution in [0, 0.1) is 56.3 Å². The van der Waals surface area contributed by atoms with E-state index in [9.17, 15) is 14.7 Å². The summed E-state index contributed by atoms with van der Waals surface area (Å²) in [5.74, 6) is -2.26. The fourth-order valence-electron chi connectivity index (χ4n) is 9.05. The Bertz CT molecular complexity index is 2300. The molecule has 6 atom stereocenters. The van der Waals surface area contributed by atoms with Crippen molar-refractivity contribution in [2.45, 2.75) is 100.0 Å². The normalized spacial score (nSPS) is 25.8. The van der Waals surface area contributed by atoms with Crippen LogP contribution < -0.4 is 20.5 Å². The van der Waals surface area contributed by atoms with Gasteiger partial charge in [0.05, 0.1) is 7.11 Å². The first-order valence-electron chi connectivity index (χ1n) is 21.0. The van der Waals surface area contributed by atoms with E-state index in [-0.39, 0.29) is 71.5 Å². The maximum atomic E-state index is 13.6. The molecular formula is C50H60MgN4O5-4. The average Bonchev–Trinajstić information content (AvgIpc) is 3.94. The number of fused-ring (bicyclic) bond motifs is 8. The van der Waals surface area contributed by atoms with Gasteiger partial charge in [0.15, 0.2) is 0 Å². The van der Waals surface area contributed by atoms with E-state index in [4.69, 9.17) is 30.1 Å². The van der Waals surface area contributed by atoms with E-state index < -0.39 is 17.9 Å². The van der Waals surface area contributed by atoms with Gasteiger partial charge in [-0.3, -0.25) is 9.59 Å². The molecule has 4 aliphatic rings. The monoisotopic (exact) mass is 820 g/mol. The zero-order valence-corrected chi connectivity index (χ0v) is 38.4. The topological polar surface area (TPSA) is 129 Å². The van der Waals surface area contributed by atoms with Crippen molar-refractivity contribution >= 4 is 70.6 Å². The SMILES string of the molecule is C=Cc1c2[n-]c(c1C)/C=C1\[N-]C(C3=c4[n-]c(c(C)c4=C(O)[C@@H]3C(=O)OC)/C=C3\[N-]/C(=C\2)[C@H](C)C3[CH-]C)[C@@H](CCC(=O)OC/C=C(\C)CC/C=C(\C)CC[CH-]C(=C)C)[C@@H]1C.[Mg+2]. The van der Waals surface area contributed by atoms with E-state index in [0.717, 1.165) is 76.4 Å². The summed E-state index contributed by atoms with van der Waals surface area (Å²) in [7, 11) is 1.32. The number of aliphatic hydroxyl groups is 1. The molecule has 2 saturated heterocycles. The van der Waals surface area contributed by atoms with Crippen LogP contribution in [0.2, 0.25) is 0 Å². The zero-order chi connectivity index (χ0) is 42.7. The summed E-state index contributed by atoms with van der Waals surface area (Å²) in [6.45, 7) is 24.8. The first-order valence-corrected chi connectivity index (χ1v) is 21.0. The third-order valence-electron chi connectivity index (χ3n) is 12.6. The van der Waals surface area contributed by atoms with Gasteiger partial charge in [-0.1, -0.05) is 104 Å². The van der Waals surface area contributed by atoms with Crippen LogP contribution in [0.3, 0.4) is 0 Å². The number of methoxy groups -OCH3 is 1. The molecular weight excluding hydrogens is 761 g/mol. The van der Waals surface area contributed by atoms with Crippen molar-refractivity contribution < 1.29 is 24.2 Å². The summed E-state index contributed by atoms with van der Waals surface area (Å²) >= 11 is 0. The minimum atomic E-state index is -1.08. The first-order chi connectivity index (χ1) is 28.2. The van der Waals surface area contributed by atoms with Gasteiger partial charge in [0.1, 0.15) is 18.3 Å². The van der Waals surface area contributed by atoms with E-state index >= 15 is 0 Å². The number of allylic oxidation sites excluding steroid dienone is 7. The maximum absolute atomic E-state index is 13.6. The Morgan fingerprint density at radius 1 is 0.917 bits per heavy atom. The largest absolute Gasteiger partial charge is 2.00 e. The smallest absolute Gasteiger partial charge is 0.681 e. The first kappa shape index (κ1) is 46.5. The third kappa shape index (κ3) is 9.50. The zero-order valence-electron chi connectivity index (χ0n) is 37.0. The molecule has 6 rings (SSSR count). The number of esters is 2. The van der Waals surface area contributed by atoms with Crippen LogP contribution in [-0.4, -0.2) is 59.9 Å². The Balaban J connectivity index is 0.00000683. The number of hydrogen-bond donors (Lipinski definition) is 1. The quantitative estimate of drug-likeness (QED) is 0.0821. The minimum Gasteiger partial charge on any atom is -0.681 e. The second kappa shape index (κ2) is 19.9. The number of hydrogen-bond acceptors (Lipinski definition) is 5. The number of carbonyl (C=O) groups is 2. The molecule has 0 amide bonds. The fourth-order valence-corrected chi connectivity index (χ4v) is 9.05. The molecule has 60 heavy (non-hydrogen) atoms. The molecule has 0 radical (unpaired) electrons. The van der Waals surface area contributed by atoms with E-state index in [2.05, 4.69) is 65.8 Å². The number of aromatic nitrogens is 2. The third-order valence-corrected chi connectivity index (χ3v) is 12.6. The Kier molecular flexibility index (Phi) is 15.4. The molecule has 8 bridgehead atoms. The van der Waals surface area contributed by atoms with Crippen LogP contribution >= 0.6 is 0 Å². The molecule has 316 valence electrons. The van der Waals surface area contributed by atoms with Crippen molar-refractivity contribution in [2.75, 3.05) is 13.7 Å². The molecule has 0 spiro atoms. The van der Waals surface area contributed by atoms with Gasteiger partial charge >= 0.3 is 35.0 Å². The molecule has 2 aromatic heterocycles. The van der Waals surface area contributed by atoms with E-state index in [1.54, 1.807) is 0 Å². The van der Waals surface area contributed by atoms with Crippen LogP contribution in [0.15, 0.2) is 59.1 Å². The average molecular weight is 821 g/mol. The summed E-state index contributed by atoms with van der Waals surface area (Å²) in [6.07, 6.45) is 20.9. The minimum absolute atomic E-state index is 0. The van der Waals surface area contributed by atoms with Crippen LogP contribution in [0.5, 0.6) is 0 Å². The second-order valence-corrected chi connectivity index (χ2v) is 16.7. The predicted molar refractivity (Wildman–Crippen MR) is 244 cm³/mol. The van der Waals surface area contributed by atoms with Crippen molar-refractivity contribution in [1.82, 2.24) is 9.97 Å². The maximum Gasteiger partial charge on any atom is 2.00 e. The molecule has 2 unspecified atom stereocenters. The van der Waals surface area contributed by atoms with E-state index in [0.29, 0.717) is 28.3 Å². The standard InChI is InChI=1S/C50H60N4O5.Mg/c1-12-34-30(7)37-24-39-32(9)36(20-21-43(55)59-23-22-29(6)19-15-18-28(5)17-14-16-27(3)4)47(53-39)45-46(50(57)58-11)49(56)44-33(10)40(54-48(44)45)26-42-35(13-2)31(8)38(52-42)25-41(34)51-37;/h12-13,16,18,22,24-26,31-32,35-36,46-47,56H,1,3,14-15,17,19-21,23H2,2,4-11H3;/q-6;+2/b28-18+,29-22+,38-25-,39-24-,42-26-;/t31-,32+,35?,36+,46-,47?;/m1./s1. The van der Waals surface area contributed by atoms with Crippen molar-refractivity contribution in [2.24, 2.45) is 29.6 Å². The Morgan fingerprint density at radius 2 is 1.60 bits per heavy atom. The van der Waals surface area contributed by atoms with Crippen LogP contribution in [-0.2, 0) is 19.1 Å². The van der Waals surface area contributed by atoms with Gasteiger partial charge in [0, 0.05) is 11.6 Å². The van der Waals surface area contributed by atoms with Gasteiger partial charge in [0.2, 0.25) is 0 Å². The number of carbonyl (C=O) groups excluding carboxylic acids is 2. The Labute approximate surface area is 373 Å². The van der Waals surface area contributed by atoms with Crippen molar-refractivity contribution in [3.05, 3.63) is 127 Å². The van der Waals surface area contributed by atoms with Crippen molar-refractivity contribution in [3.63, 3.8) is 0 Å². The van der Waals surface area contributed by atoms with E-state index in [1.807, 2.05) is 52.0 Å². The summed E-state index contributed by atoms with van der Waals surface area (Å²) in [5, 5.41) is 23.4. The van der Waals surface area contributed by atoms with Crippen LogP contribution in [0.4, 0.5) is 0 Å². The van der Waals surface area contributed by atoms with Crippen LogP contribution in [0.25, 0.3) is 46.3 Å². The summed E-state index contributed by atoms with van der Waals surface area (Å²) < 4.78 is 11.0. The van der Waals surface area contributed by atoms with Gasteiger partial charge in [-0.05, 0) is 76.9 Å². The van der Waals surface area contributed by atoms with Gasteiger partial charge in [0.25, 0.3) is 0 Å². The second-order valence-electron chi connectivity index (χ2n) is 16.7. The molecule has 0 saturated carbocycles. The molecule has 0 aromatic carbocycles. The molecule has 1 N–H and O–H groups in total. The molecule has 2 aromatic rings. The Hall–Kier alpha value is -4.54. The van der Waals surface area contributed by atoms with Crippen LogP contribution in [0.1, 0.15) is 114 Å². The predicted octanol–water partition coefficient (Wildman–Crippen LogP) is 9.27. The van der Waals surface area contributed by atoms with Gasteiger partial charge < -0.3 is 41.6 Å². The van der Waals surface area contributed by atoms with Crippen molar-refractivity contribution in [1.29, 1.82) is 0 Å². The summed E-state index contributed by atoms with van der Waals surface area (Å²) in [4.78, 5) is 37.2. The molecule has 9 nitrogen and oxygen atoms in total. The number of nitrogens with zero attached hydrogens (tertiary/aromatic N) is 4. The van der Waals surface area contributed by atoms with Gasteiger partial charge in [-0.2, -0.15) is 29.9 Å². The molecule has 5 heterocycles. The van der Waals surface area contributed by atoms with Gasteiger partial charge in [-0.15, -0.1) is 22.4 Å². The molecule has 1 aliphatic carbocycles. The van der Waals surface area contributed by atoms with E-state index in [1.165, 1.54) is 18.3 Å².